The monoisotopic (exact) mass is 658 g/mol. The van der Waals surface area contributed by atoms with E-state index in [1.807, 2.05) is 0 Å². The molecule has 3 aliphatic rings. The Kier molecular flexibility index (Phi) is 7.44. The van der Waals surface area contributed by atoms with Crippen LogP contribution in [0.5, 0.6) is 0 Å². The van der Waals surface area contributed by atoms with Crippen LogP contribution < -0.4 is 9.80 Å². The molecule has 248 valence electrons. The summed E-state index contributed by atoms with van der Waals surface area (Å²) in [5, 5.41) is 2.48. The van der Waals surface area contributed by atoms with Crippen LogP contribution in [0.4, 0.5) is 17.1 Å². The second kappa shape index (κ2) is 12.2. The molecule has 1 aliphatic heterocycles. The molecule has 0 saturated heterocycles. The van der Waals surface area contributed by atoms with Gasteiger partial charge in [-0.05, 0) is 112 Å². The highest BCUT2D eigenvalue weighted by atomic mass is 15.2. The van der Waals surface area contributed by atoms with Gasteiger partial charge in [0.05, 0.1) is 6.04 Å². The SMILES string of the molecule is C/C(=C\C=C(/C)N(C1=CC2C(C=C1)c1ccccc1N2c1ccccc1)c1ccc2ccccc2c1)c1cccc2c1-c1ccccc1C2(C)C. The van der Waals surface area contributed by atoms with Crippen LogP contribution >= 0.6 is 0 Å². The van der Waals surface area contributed by atoms with E-state index in [1.165, 1.54) is 66.8 Å². The largest absolute Gasteiger partial charge is 0.333 e. The number of para-hydroxylation sites is 2. The molecule has 2 atom stereocenters. The molecule has 0 fully saturated rings. The maximum Gasteiger partial charge on any atom is 0.0649 e. The van der Waals surface area contributed by atoms with Crippen molar-refractivity contribution in [3.8, 4) is 11.1 Å². The topological polar surface area (TPSA) is 6.48 Å². The molecule has 2 nitrogen and oxygen atoms in total. The molecule has 2 aliphatic carbocycles. The van der Waals surface area contributed by atoms with Crippen molar-refractivity contribution in [2.75, 3.05) is 9.80 Å². The zero-order valence-corrected chi connectivity index (χ0v) is 29.7. The van der Waals surface area contributed by atoms with Gasteiger partial charge in [0.25, 0.3) is 0 Å². The Bertz CT molecular complexity index is 2440. The summed E-state index contributed by atoms with van der Waals surface area (Å²) in [7, 11) is 0. The van der Waals surface area contributed by atoms with E-state index >= 15 is 0 Å². The number of nitrogens with zero attached hydrogens (tertiary/aromatic N) is 2. The number of anilines is 3. The van der Waals surface area contributed by atoms with Crippen LogP contribution in [0.3, 0.4) is 0 Å². The fourth-order valence-electron chi connectivity index (χ4n) is 8.74. The molecule has 0 bridgehead atoms. The van der Waals surface area contributed by atoms with Crippen LogP contribution in [-0.2, 0) is 5.41 Å². The van der Waals surface area contributed by atoms with E-state index < -0.39 is 0 Å². The lowest BCUT2D eigenvalue weighted by atomic mass is 9.82. The minimum Gasteiger partial charge on any atom is -0.333 e. The molecule has 2 heteroatoms. The van der Waals surface area contributed by atoms with Gasteiger partial charge in [-0.2, -0.15) is 0 Å². The minimum atomic E-state index is -0.0218. The fraction of sp³-hybridized carbons (Fsp3) is 0.143. The van der Waals surface area contributed by atoms with Gasteiger partial charge in [0, 0.05) is 39.8 Å². The smallest absolute Gasteiger partial charge is 0.0649 e. The Hall–Kier alpha value is -5.86. The number of fused-ring (bicyclic) bond motifs is 7. The lowest BCUT2D eigenvalue weighted by Crippen LogP contribution is -2.32. The Morgan fingerprint density at radius 3 is 2.27 bits per heavy atom. The quantitative estimate of drug-likeness (QED) is 0.164. The van der Waals surface area contributed by atoms with E-state index in [4.69, 9.17) is 0 Å². The van der Waals surface area contributed by atoms with Gasteiger partial charge in [0.15, 0.2) is 0 Å². The van der Waals surface area contributed by atoms with E-state index in [0.29, 0.717) is 0 Å². The van der Waals surface area contributed by atoms with Crippen LogP contribution in [0.15, 0.2) is 181 Å². The summed E-state index contributed by atoms with van der Waals surface area (Å²) in [5.74, 6) is 0.280. The number of benzene rings is 6. The Morgan fingerprint density at radius 1 is 0.686 bits per heavy atom. The highest BCUT2D eigenvalue weighted by Gasteiger charge is 2.39. The lowest BCUT2D eigenvalue weighted by molar-refractivity contribution is 0.660. The first-order valence-electron chi connectivity index (χ1n) is 18.1. The van der Waals surface area contributed by atoms with E-state index in [1.54, 1.807) is 0 Å². The number of allylic oxidation sites excluding steroid dienone is 5. The van der Waals surface area contributed by atoms with Crippen molar-refractivity contribution in [3.63, 3.8) is 0 Å². The minimum absolute atomic E-state index is 0.0218. The summed E-state index contributed by atoms with van der Waals surface area (Å²) >= 11 is 0. The highest BCUT2D eigenvalue weighted by Crippen LogP contribution is 2.51. The molecular formula is C49H42N2. The van der Waals surface area contributed by atoms with Crippen LogP contribution in [0.25, 0.3) is 27.5 Å². The molecule has 2 unspecified atom stereocenters. The molecule has 0 saturated carbocycles. The summed E-state index contributed by atoms with van der Waals surface area (Å²) in [6.07, 6.45) is 11.8. The van der Waals surface area contributed by atoms with Crippen molar-refractivity contribution in [2.24, 2.45) is 0 Å². The second-order valence-corrected chi connectivity index (χ2v) is 14.7. The first kappa shape index (κ1) is 31.1. The maximum absolute atomic E-state index is 2.51. The van der Waals surface area contributed by atoms with Crippen molar-refractivity contribution in [2.45, 2.75) is 45.1 Å². The number of hydrogen-bond acceptors (Lipinski definition) is 2. The molecule has 0 amide bonds. The second-order valence-electron chi connectivity index (χ2n) is 14.7. The van der Waals surface area contributed by atoms with Gasteiger partial charge in [0.2, 0.25) is 0 Å². The van der Waals surface area contributed by atoms with Crippen LogP contribution in [-0.4, -0.2) is 6.04 Å². The lowest BCUT2D eigenvalue weighted by Gasteiger charge is -2.34. The normalized spacial score (nSPS) is 18.6. The van der Waals surface area contributed by atoms with E-state index in [0.717, 1.165) is 11.4 Å². The first-order chi connectivity index (χ1) is 24.9. The molecule has 0 spiro atoms. The average molecular weight is 659 g/mol. The number of hydrogen-bond donors (Lipinski definition) is 0. The molecule has 1 heterocycles. The number of rotatable bonds is 6. The fourth-order valence-corrected chi connectivity index (χ4v) is 8.74. The van der Waals surface area contributed by atoms with E-state index in [-0.39, 0.29) is 17.4 Å². The third-order valence-corrected chi connectivity index (χ3v) is 11.3. The van der Waals surface area contributed by atoms with Crippen LogP contribution in [0.2, 0.25) is 0 Å². The van der Waals surface area contributed by atoms with Crippen molar-refractivity contribution in [3.05, 3.63) is 204 Å². The molecular weight excluding hydrogens is 617 g/mol. The third kappa shape index (κ3) is 5.09. The van der Waals surface area contributed by atoms with Crippen LogP contribution in [0, 0.1) is 0 Å². The van der Waals surface area contributed by atoms with Crippen molar-refractivity contribution in [1.82, 2.24) is 0 Å². The summed E-state index contributed by atoms with van der Waals surface area (Å²) in [5.41, 5.74) is 15.4. The Labute approximate surface area is 302 Å². The molecule has 0 radical (unpaired) electrons. The van der Waals surface area contributed by atoms with Gasteiger partial charge >= 0.3 is 0 Å². The predicted molar refractivity (Wildman–Crippen MR) is 217 cm³/mol. The molecule has 0 N–H and O–H groups in total. The zero-order valence-electron chi connectivity index (χ0n) is 29.7. The van der Waals surface area contributed by atoms with Crippen molar-refractivity contribution in [1.29, 1.82) is 0 Å². The first-order valence-corrected chi connectivity index (χ1v) is 18.1. The highest BCUT2D eigenvalue weighted by molar-refractivity contribution is 5.91. The van der Waals surface area contributed by atoms with E-state index in [2.05, 4.69) is 207 Å². The van der Waals surface area contributed by atoms with Gasteiger partial charge in [0.1, 0.15) is 0 Å². The molecule has 9 rings (SSSR count). The van der Waals surface area contributed by atoms with Gasteiger partial charge in [-0.15, -0.1) is 0 Å². The zero-order chi connectivity index (χ0) is 34.7. The molecule has 6 aromatic rings. The third-order valence-electron chi connectivity index (χ3n) is 11.3. The maximum atomic E-state index is 2.51. The molecule has 51 heavy (non-hydrogen) atoms. The van der Waals surface area contributed by atoms with Crippen molar-refractivity contribution >= 4 is 33.4 Å². The Morgan fingerprint density at radius 2 is 1.41 bits per heavy atom. The summed E-state index contributed by atoms with van der Waals surface area (Å²) in [6, 6.07) is 51.1. The van der Waals surface area contributed by atoms with Crippen LogP contribution in [0.1, 0.15) is 55.9 Å². The summed E-state index contributed by atoms with van der Waals surface area (Å²) < 4.78 is 0. The summed E-state index contributed by atoms with van der Waals surface area (Å²) in [4.78, 5) is 4.95. The van der Waals surface area contributed by atoms with Gasteiger partial charge in [-0.25, -0.2) is 0 Å². The van der Waals surface area contributed by atoms with Gasteiger partial charge in [-0.1, -0.05) is 135 Å². The van der Waals surface area contributed by atoms with Gasteiger partial charge < -0.3 is 9.80 Å². The van der Waals surface area contributed by atoms with Crippen molar-refractivity contribution < 1.29 is 0 Å². The predicted octanol–water partition coefficient (Wildman–Crippen LogP) is 12.7. The summed E-state index contributed by atoms with van der Waals surface area (Å²) in [6.45, 7) is 9.20. The Balaban J connectivity index is 1.15. The molecule has 6 aromatic carbocycles. The van der Waals surface area contributed by atoms with E-state index in [9.17, 15) is 0 Å². The average Bonchev–Trinajstić information content (AvgIpc) is 3.62. The standard InChI is InChI=1S/C49H42N2/c1-33(40-21-14-23-45-48(40)43-20-10-12-22-44(43)49(45,3)4)25-26-34(2)50(38-28-27-35-15-8-9-16-36(35)31-38)39-29-30-42-41-19-11-13-24-46(41)51(47(42)32-39)37-17-6-5-7-18-37/h5-32,42,47H,1-4H3/b33-25+,34-26+. The molecule has 0 aromatic heterocycles. The van der Waals surface area contributed by atoms with Gasteiger partial charge in [-0.3, -0.25) is 0 Å².